The van der Waals surface area contributed by atoms with Gasteiger partial charge in [0.25, 0.3) is 0 Å². The number of likely N-dealkylation sites (N-methyl/N-ethyl adjacent to an activating group) is 1. The van der Waals surface area contributed by atoms with E-state index in [1.165, 1.54) is 36.2 Å². The van der Waals surface area contributed by atoms with Gasteiger partial charge in [0.05, 0.1) is 60.7 Å². The van der Waals surface area contributed by atoms with E-state index in [0.29, 0.717) is 42.2 Å². The first-order valence-corrected chi connectivity index (χ1v) is 14.9. The van der Waals surface area contributed by atoms with E-state index in [1.807, 2.05) is 26.8 Å². The van der Waals surface area contributed by atoms with Crippen LogP contribution < -0.4 is 19.7 Å². The number of aryl methyl sites for hydroxylation is 1. The fourth-order valence-electron chi connectivity index (χ4n) is 4.59. The van der Waals surface area contributed by atoms with Crippen molar-refractivity contribution in [2.75, 3.05) is 46.4 Å². The summed E-state index contributed by atoms with van der Waals surface area (Å²) in [4.78, 5) is 45.2. The summed E-state index contributed by atoms with van der Waals surface area (Å²) in [6, 6.07) is 3.20. The molecule has 1 N–H and O–H groups in total. The van der Waals surface area contributed by atoms with E-state index in [2.05, 4.69) is 17.0 Å². The number of hydrogen-bond donors (Lipinski definition) is 1. The second-order valence-electron chi connectivity index (χ2n) is 10.4. The zero-order valence-corrected chi connectivity index (χ0v) is 28.4. The first kappa shape index (κ1) is 36.1. The fourth-order valence-corrected chi connectivity index (χ4v) is 5.29. The number of rotatable bonds is 15. The van der Waals surface area contributed by atoms with E-state index in [4.69, 9.17) is 42.4 Å². The minimum absolute atomic E-state index is 0.111. The van der Waals surface area contributed by atoms with E-state index in [1.54, 1.807) is 37.3 Å². The quantitative estimate of drug-likeness (QED) is 0.179. The minimum atomic E-state index is -0.393. The SMILES string of the molecule is C=CC(=O)N(C)c1cnn(CCOC)c1-c1cc(C)c(/C=C(/c2c(Cl)c(OC)cc(OC)c2Cl)N(C=O)CC(=O)NC(C)C)cn1. The standard InChI is InChI=1S/C32H38Cl2N6O6/c1-9-28(43)38(5)24-16-36-40(10-11-44-6)32(24)22-12-20(4)21(15-35-22)13-23(39(18-41)17-27(42)37-19(2)3)29-30(33)25(45-7)14-26(46-8)31(29)34/h9,12-16,18-19H,1,10-11,17H2,2-8H3,(H,37,42)/b23-13-. The molecule has 0 aliphatic rings. The fraction of sp³-hybridized carbons (Fsp3) is 0.344. The Kier molecular flexibility index (Phi) is 12.7. The summed E-state index contributed by atoms with van der Waals surface area (Å²) in [5.41, 5.74) is 3.41. The molecular formula is C32H38Cl2N6O6. The van der Waals surface area contributed by atoms with Gasteiger partial charge < -0.3 is 29.3 Å². The smallest absolute Gasteiger partial charge is 0.250 e. The number of anilines is 1. The number of halogens is 2. The minimum Gasteiger partial charge on any atom is -0.495 e. The monoisotopic (exact) mass is 672 g/mol. The molecule has 0 spiro atoms. The highest BCUT2D eigenvalue weighted by Gasteiger charge is 2.26. The van der Waals surface area contributed by atoms with Crippen molar-refractivity contribution in [3.8, 4) is 22.9 Å². The van der Waals surface area contributed by atoms with Crippen LogP contribution in [0.3, 0.4) is 0 Å². The molecular weight excluding hydrogens is 635 g/mol. The molecule has 0 radical (unpaired) electrons. The summed E-state index contributed by atoms with van der Waals surface area (Å²) in [5.74, 6) is -0.204. The number of ether oxygens (including phenoxy) is 3. The van der Waals surface area contributed by atoms with Crippen LogP contribution in [0.4, 0.5) is 5.69 Å². The Morgan fingerprint density at radius 2 is 1.76 bits per heavy atom. The van der Waals surface area contributed by atoms with Gasteiger partial charge in [0.15, 0.2) is 0 Å². The average molecular weight is 674 g/mol. The molecule has 46 heavy (non-hydrogen) atoms. The largest absolute Gasteiger partial charge is 0.495 e. The lowest BCUT2D eigenvalue weighted by molar-refractivity contribution is -0.126. The first-order chi connectivity index (χ1) is 21.9. The molecule has 0 saturated carbocycles. The van der Waals surface area contributed by atoms with Gasteiger partial charge in [-0.3, -0.25) is 24.0 Å². The summed E-state index contributed by atoms with van der Waals surface area (Å²) >= 11 is 13.6. The lowest BCUT2D eigenvalue weighted by Gasteiger charge is -2.25. The molecule has 0 fully saturated rings. The van der Waals surface area contributed by atoms with Crippen LogP contribution in [0.15, 0.2) is 37.2 Å². The van der Waals surface area contributed by atoms with E-state index in [0.717, 1.165) is 5.56 Å². The molecule has 0 aliphatic heterocycles. The van der Waals surface area contributed by atoms with Crippen LogP contribution in [0.5, 0.6) is 11.5 Å². The van der Waals surface area contributed by atoms with E-state index < -0.39 is 5.91 Å². The molecule has 2 heterocycles. The van der Waals surface area contributed by atoms with Crippen molar-refractivity contribution in [1.82, 2.24) is 25.0 Å². The molecule has 12 nitrogen and oxygen atoms in total. The zero-order chi connectivity index (χ0) is 34.1. The Bertz CT molecular complexity index is 1610. The predicted molar refractivity (Wildman–Crippen MR) is 179 cm³/mol. The number of nitrogens with zero attached hydrogens (tertiary/aromatic N) is 5. The van der Waals surface area contributed by atoms with Crippen LogP contribution in [0.1, 0.15) is 30.5 Å². The molecule has 0 saturated heterocycles. The number of aromatic nitrogens is 3. The van der Waals surface area contributed by atoms with Crippen LogP contribution in [0, 0.1) is 6.92 Å². The molecule has 3 rings (SSSR count). The number of carbonyl (C=O) groups excluding carboxylic acids is 3. The second kappa shape index (κ2) is 16.3. The number of amides is 3. The van der Waals surface area contributed by atoms with Crippen LogP contribution in [-0.4, -0.2) is 85.5 Å². The van der Waals surface area contributed by atoms with Gasteiger partial charge in [-0.1, -0.05) is 29.8 Å². The van der Waals surface area contributed by atoms with Crippen molar-refractivity contribution in [2.24, 2.45) is 0 Å². The molecule has 2 aromatic heterocycles. The molecule has 3 amide bonds. The normalized spacial score (nSPS) is 11.3. The van der Waals surface area contributed by atoms with Crippen molar-refractivity contribution in [1.29, 1.82) is 0 Å². The van der Waals surface area contributed by atoms with E-state index in [-0.39, 0.29) is 51.3 Å². The molecule has 0 unspecified atom stereocenters. The third-order valence-corrected chi connectivity index (χ3v) is 7.66. The lowest BCUT2D eigenvalue weighted by atomic mass is 10.0. The van der Waals surface area contributed by atoms with Crippen molar-refractivity contribution in [3.63, 3.8) is 0 Å². The highest BCUT2D eigenvalue weighted by Crippen LogP contribution is 2.45. The maximum absolute atomic E-state index is 12.8. The van der Waals surface area contributed by atoms with E-state index in [9.17, 15) is 14.4 Å². The Hall–Kier alpha value is -4.39. The van der Waals surface area contributed by atoms with Gasteiger partial charge in [-0.05, 0) is 50.1 Å². The Balaban J connectivity index is 2.27. The number of carbonyl (C=O) groups is 3. The summed E-state index contributed by atoms with van der Waals surface area (Å²) in [6.07, 6.45) is 6.59. The van der Waals surface area contributed by atoms with Crippen LogP contribution in [-0.2, 0) is 25.7 Å². The lowest BCUT2D eigenvalue weighted by Crippen LogP contribution is -2.39. The van der Waals surface area contributed by atoms with Gasteiger partial charge in [-0.25, -0.2) is 0 Å². The highest BCUT2D eigenvalue weighted by atomic mass is 35.5. The maximum Gasteiger partial charge on any atom is 0.250 e. The summed E-state index contributed by atoms with van der Waals surface area (Å²) in [6.45, 7) is 9.54. The van der Waals surface area contributed by atoms with Gasteiger partial charge in [0.1, 0.15) is 23.7 Å². The molecule has 0 atom stereocenters. The Morgan fingerprint density at radius 3 is 2.28 bits per heavy atom. The van der Waals surface area contributed by atoms with Crippen LogP contribution in [0.25, 0.3) is 23.2 Å². The predicted octanol–water partition coefficient (Wildman–Crippen LogP) is 4.85. The molecule has 14 heteroatoms. The molecule has 246 valence electrons. The average Bonchev–Trinajstić information content (AvgIpc) is 3.45. The van der Waals surface area contributed by atoms with Crippen molar-refractivity contribution in [3.05, 3.63) is 63.9 Å². The number of benzene rings is 1. The third-order valence-electron chi connectivity index (χ3n) is 6.91. The molecule has 0 bridgehead atoms. The van der Waals surface area contributed by atoms with Crippen molar-refractivity contribution in [2.45, 2.75) is 33.4 Å². The first-order valence-electron chi connectivity index (χ1n) is 14.2. The number of methoxy groups -OCH3 is 3. The van der Waals surface area contributed by atoms with E-state index >= 15 is 0 Å². The zero-order valence-electron chi connectivity index (χ0n) is 26.9. The second-order valence-corrected chi connectivity index (χ2v) is 11.1. The Labute approximate surface area is 278 Å². The van der Waals surface area contributed by atoms with Crippen molar-refractivity contribution < 1.29 is 28.6 Å². The number of pyridine rings is 1. The highest BCUT2D eigenvalue weighted by molar-refractivity contribution is 6.39. The summed E-state index contributed by atoms with van der Waals surface area (Å²) < 4.78 is 17.9. The van der Waals surface area contributed by atoms with Gasteiger partial charge in [-0.15, -0.1) is 0 Å². The summed E-state index contributed by atoms with van der Waals surface area (Å²) in [5, 5.41) is 7.47. The molecule has 0 aliphatic carbocycles. The maximum atomic E-state index is 12.8. The molecule has 1 aromatic carbocycles. The van der Waals surface area contributed by atoms with Gasteiger partial charge >= 0.3 is 0 Å². The van der Waals surface area contributed by atoms with Gasteiger partial charge in [0.2, 0.25) is 18.2 Å². The number of nitrogens with one attached hydrogen (secondary N) is 1. The van der Waals surface area contributed by atoms with Crippen molar-refractivity contribution >= 4 is 58.9 Å². The van der Waals surface area contributed by atoms with Crippen LogP contribution in [0.2, 0.25) is 10.0 Å². The van der Waals surface area contributed by atoms with Gasteiger partial charge in [-0.2, -0.15) is 5.10 Å². The Morgan fingerprint density at radius 1 is 1.11 bits per heavy atom. The van der Waals surface area contributed by atoms with Gasteiger partial charge in [0, 0.05) is 38.0 Å². The topological polar surface area (TPSA) is 128 Å². The molecule has 3 aromatic rings. The number of hydrogen-bond acceptors (Lipinski definition) is 8. The third kappa shape index (κ3) is 8.06. The summed E-state index contributed by atoms with van der Waals surface area (Å²) in [7, 11) is 6.09. The van der Waals surface area contributed by atoms with Crippen LogP contribution >= 0.6 is 23.2 Å².